The zero-order valence-electron chi connectivity index (χ0n) is 7.86. The lowest BCUT2D eigenvalue weighted by Gasteiger charge is -2.08. The van der Waals surface area contributed by atoms with E-state index in [9.17, 15) is 0 Å². The first-order chi connectivity index (χ1) is 6.31. The number of nitrogens with two attached hydrogens (primary N) is 1. The van der Waals surface area contributed by atoms with Gasteiger partial charge >= 0.3 is 0 Å². The Morgan fingerprint density at radius 1 is 1.54 bits per heavy atom. The predicted molar refractivity (Wildman–Crippen MR) is 47.9 cm³/mol. The third kappa shape index (κ3) is 1.58. The van der Waals surface area contributed by atoms with E-state index in [2.05, 4.69) is 17.1 Å². The molecule has 1 aromatic heterocycles. The molecular formula is C9H15N3O. The third-order valence-electron chi connectivity index (χ3n) is 2.85. The predicted octanol–water partition coefficient (Wildman–Crippen LogP) is 1.43. The summed E-state index contributed by atoms with van der Waals surface area (Å²) in [5.74, 6) is 2.54. The summed E-state index contributed by atoms with van der Waals surface area (Å²) in [7, 11) is 0. The van der Waals surface area contributed by atoms with Crippen molar-refractivity contribution in [3.63, 3.8) is 0 Å². The minimum atomic E-state index is 0.366. The Morgan fingerprint density at radius 3 is 2.92 bits per heavy atom. The fraction of sp³-hybridized carbons (Fsp3) is 0.778. The zero-order valence-corrected chi connectivity index (χ0v) is 7.86. The number of hydrogen-bond donors (Lipinski definition) is 1. The molecule has 1 saturated carbocycles. The normalized spacial score (nSPS) is 28.2. The highest BCUT2D eigenvalue weighted by Crippen LogP contribution is 2.38. The van der Waals surface area contributed by atoms with Crippen LogP contribution in [-0.2, 0) is 6.54 Å². The molecule has 2 rings (SSSR count). The van der Waals surface area contributed by atoms with Crippen LogP contribution in [0.4, 0.5) is 0 Å². The summed E-state index contributed by atoms with van der Waals surface area (Å²) >= 11 is 0. The third-order valence-corrected chi connectivity index (χ3v) is 2.85. The lowest BCUT2D eigenvalue weighted by molar-refractivity contribution is 0.328. The molecule has 0 aromatic carbocycles. The van der Waals surface area contributed by atoms with Crippen LogP contribution < -0.4 is 5.73 Å². The van der Waals surface area contributed by atoms with Crippen LogP contribution in [0.2, 0.25) is 0 Å². The average Bonchev–Trinajstić information content (AvgIpc) is 2.71. The summed E-state index contributed by atoms with van der Waals surface area (Å²) in [6.45, 7) is 2.61. The van der Waals surface area contributed by atoms with Gasteiger partial charge in [0.05, 0.1) is 6.54 Å². The summed E-state index contributed by atoms with van der Waals surface area (Å²) in [5.41, 5.74) is 5.41. The van der Waals surface area contributed by atoms with Crippen molar-refractivity contribution in [1.29, 1.82) is 0 Å². The summed E-state index contributed by atoms with van der Waals surface area (Å²) in [6.07, 6.45) is 3.71. The van der Waals surface area contributed by atoms with Crippen molar-refractivity contribution in [3.8, 4) is 0 Å². The molecule has 4 heteroatoms. The Hall–Kier alpha value is -0.900. The molecule has 1 heterocycles. The van der Waals surface area contributed by atoms with Crippen molar-refractivity contribution < 1.29 is 4.52 Å². The number of aromatic nitrogens is 2. The SMILES string of the molecule is CC1CCCC1c1nc(CN)no1. The number of nitrogens with zero attached hydrogens (tertiary/aromatic N) is 2. The lowest BCUT2D eigenvalue weighted by atomic mass is 9.98. The van der Waals surface area contributed by atoms with Crippen LogP contribution in [-0.4, -0.2) is 10.1 Å². The van der Waals surface area contributed by atoms with Crippen molar-refractivity contribution in [2.45, 2.75) is 38.6 Å². The molecule has 72 valence electrons. The molecule has 2 atom stereocenters. The largest absolute Gasteiger partial charge is 0.339 e. The van der Waals surface area contributed by atoms with Crippen LogP contribution in [0.5, 0.6) is 0 Å². The molecule has 0 amide bonds. The quantitative estimate of drug-likeness (QED) is 0.749. The Morgan fingerprint density at radius 2 is 2.38 bits per heavy atom. The highest BCUT2D eigenvalue weighted by atomic mass is 16.5. The fourth-order valence-corrected chi connectivity index (χ4v) is 2.01. The van der Waals surface area contributed by atoms with Gasteiger partial charge in [0, 0.05) is 5.92 Å². The van der Waals surface area contributed by atoms with Gasteiger partial charge < -0.3 is 10.3 Å². The van der Waals surface area contributed by atoms with Gasteiger partial charge in [-0.25, -0.2) is 0 Å². The maximum atomic E-state index is 5.41. The number of hydrogen-bond acceptors (Lipinski definition) is 4. The van der Waals surface area contributed by atoms with Crippen molar-refractivity contribution in [2.75, 3.05) is 0 Å². The average molecular weight is 181 g/mol. The van der Waals surface area contributed by atoms with Gasteiger partial charge in [0.1, 0.15) is 0 Å². The highest BCUT2D eigenvalue weighted by molar-refractivity contribution is 4.98. The van der Waals surface area contributed by atoms with E-state index in [1.807, 2.05) is 0 Å². The summed E-state index contributed by atoms with van der Waals surface area (Å²) in [5, 5.41) is 3.80. The molecule has 1 aliphatic rings. The van der Waals surface area contributed by atoms with Gasteiger partial charge in [0.15, 0.2) is 5.82 Å². The van der Waals surface area contributed by atoms with Crippen LogP contribution in [0.15, 0.2) is 4.52 Å². The molecule has 4 nitrogen and oxygen atoms in total. The van der Waals surface area contributed by atoms with Crippen LogP contribution in [0, 0.1) is 5.92 Å². The van der Waals surface area contributed by atoms with Gasteiger partial charge in [-0.05, 0) is 18.8 Å². The number of rotatable bonds is 2. The van der Waals surface area contributed by atoms with E-state index < -0.39 is 0 Å². The standard InChI is InChI=1S/C9H15N3O/c1-6-3-2-4-7(6)9-11-8(5-10)12-13-9/h6-7H,2-5,10H2,1H3. The smallest absolute Gasteiger partial charge is 0.230 e. The Kier molecular flexibility index (Phi) is 2.31. The van der Waals surface area contributed by atoms with Crippen molar-refractivity contribution in [2.24, 2.45) is 11.7 Å². The molecular weight excluding hydrogens is 166 g/mol. The van der Waals surface area contributed by atoms with E-state index in [1.54, 1.807) is 0 Å². The first-order valence-electron chi connectivity index (χ1n) is 4.84. The maximum Gasteiger partial charge on any atom is 0.230 e. The summed E-state index contributed by atoms with van der Waals surface area (Å²) < 4.78 is 5.17. The lowest BCUT2D eigenvalue weighted by Crippen LogP contribution is -2.03. The van der Waals surface area contributed by atoms with Gasteiger partial charge in [-0.3, -0.25) is 0 Å². The van der Waals surface area contributed by atoms with E-state index in [4.69, 9.17) is 10.3 Å². The topological polar surface area (TPSA) is 64.9 Å². The zero-order chi connectivity index (χ0) is 9.26. The first kappa shape index (κ1) is 8.69. The van der Waals surface area contributed by atoms with Crippen molar-refractivity contribution in [3.05, 3.63) is 11.7 Å². The Labute approximate surface area is 77.5 Å². The molecule has 0 bridgehead atoms. The molecule has 1 fully saturated rings. The van der Waals surface area contributed by atoms with Crippen molar-refractivity contribution in [1.82, 2.24) is 10.1 Å². The van der Waals surface area contributed by atoms with Crippen molar-refractivity contribution >= 4 is 0 Å². The molecule has 1 aromatic rings. The van der Waals surface area contributed by atoms with Gasteiger partial charge in [-0.2, -0.15) is 4.98 Å². The van der Waals surface area contributed by atoms with Gasteiger partial charge in [-0.1, -0.05) is 18.5 Å². The van der Waals surface area contributed by atoms with Gasteiger partial charge in [0.2, 0.25) is 5.89 Å². The Balaban J connectivity index is 2.15. The molecule has 13 heavy (non-hydrogen) atoms. The first-order valence-corrected chi connectivity index (χ1v) is 4.84. The molecule has 0 saturated heterocycles. The van der Waals surface area contributed by atoms with Crippen LogP contribution >= 0.6 is 0 Å². The second-order valence-corrected chi connectivity index (χ2v) is 3.77. The Bertz CT molecular complexity index is 284. The maximum absolute atomic E-state index is 5.41. The van der Waals surface area contributed by atoms with E-state index in [1.165, 1.54) is 19.3 Å². The van der Waals surface area contributed by atoms with E-state index in [-0.39, 0.29) is 0 Å². The van der Waals surface area contributed by atoms with Gasteiger partial charge in [-0.15, -0.1) is 0 Å². The molecule has 0 aliphatic heterocycles. The minimum absolute atomic E-state index is 0.366. The van der Waals surface area contributed by atoms with Crippen LogP contribution in [0.3, 0.4) is 0 Å². The van der Waals surface area contributed by atoms with Gasteiger partial charge in [0.25, 0.3) is 0 Å². The summed E-state index contributed by atoms with van der Waals surface area (Å²) in [4.78, 5) is 4.26. The molecule has 2 unspecified atom stereocenters. The molecule has 0 spiro atoms. The molecule has 2 N–H and O–H groups in total. The highest BCUT2D eigenvalue weighted by Gasteiger charge is 2.29. The second-order valence-electron chi connectivity index (χ2n) is 3.77. The summed E-state index contributed by atoms with van der Waals surface area (Å²) in [6, 6.07) is 0. The molecule has 0 radical (unpaired) electrons. The van der Waals surface area contributed by atoms with Crippen LogP contribution in [0.25, 0.3) is 0 Å². The second kappa shape index (κ2) is 3.46. The van der Waals surface area contributed by atoms with E-state index >= 15 is 0 Å². The fourth-order valence-electron chi connectivity index (χ4n) is 2.01. The van der Waals surface area contributed by atoms with E-state index in [0.717, 1.165) is 5.89 Å². The monoisotopic (exact) mass is 181 g/mol. The minimum Gasteiger partial charge on any atom is -0.339 e. The van der Waals surface area contributed by atoms with Crippen LogP contribution in [0.1, 0.15) is 43.8 Å². The molecule has 1 aliphatic carbocycles. The van der Waals surface area contributed by atoms with E-state index in [0.29, 0.717) is 24.2 Å².